The molecule has 4 heteroatoms. The van der Waals surface area contributed by atoms with Gasteiger partial charge in [0.2, 0.25) is 5.91 Å². The van der Waals surface area contributed by atoms with Crippen molar-refractivity contribution in [3.05, 3.63) is 65.4 Å². The Hall–Kier alpha value is -2.75. The average molecular weight is 376 g/mol. The molecule has 1 aliphatic rings. The molecule has 0 spiro atoms. The summed E-state index contributed by atoms with van der Waals surface area (Å²) in [6, 6.07) is 16.4. The first-order valence-electron chi connectivity index (χ1n) is 10.2. The molecule has 1 aromatic heterocycles. The number of nitrogens with one attached hydrogen (secondary N) is 2. The third-order valence-electron chi connectivity index (χ3n) is 5.89. The first kappa shape index (κ1) is 18.6. The van der Waals surface area contributed by atoms with Gasteiger partial charge in [0.25, 0.3) is 0 Å². The summed E-state index contributed by atoms with van der Waals surface area (Å²) < 4.78 is 5.31. The number of aromatic nitrogens is 1. The molecule has 146 valence electrons. The van der Waals surface area contributed by atoms with E-state index in [-0.39, 0.29) is 17.9 Å². The van der Waals surface area contributed by atoms with Crippen LogP contribution in [0.3, 0.4) is 0 Å². The van der Waals surface area contributed by atoms with E-state index in [0.717, 1.165) is 46.3 Å². The maximum atomic E-state index is 13.5. The van der Waals surface area contributed by atoms with Crippen molar-refractivity contribution < 1.29 is 9.53 Å². The number of carbonyl (C=O) groups is 1. The van der Waals surface area contributed by atoms with Gasteiger partial charge in [-0.3, -0.25) is 4.79 Å². The van der Waals surface area contributed by atoms with Gasteiger partial charge in [0.1, 0.15) is 5.75 Å². The molecule has 2 N–H and O–H groups in total. The van der Waals surface area contributed by atoms with E-state index >= 15 is 0 Å². The van der Waals surface area contributed by atoms with E-state index < -0.39 is 0 Å². The minimum Gasteiger partial charge on any atom is -0.497 e. The Bertz CT molecular complexity index is 952. The summed E-state index contributed by atoms with van der Waals surface area (Å²) in [6.07, 6.45) is 5.83. The molecule has 1 heterocycles. The van der Waals surface area contributed by atoms with Crippen molar-refractivity contribution in [1.29, 1.82) is 0 Å². The molecule has 4 rings (SSSR count). The van der Waals surface area contributed by atoms with Crippen molar-refractivity contribution in [1.82, 2.24) is 10.3 Å². The Morgan fingerprint density at radius 1 is 1.07 bits per heavy atom. The number of fused-ring (bicyclic) bond motifs is 1. The standard InChI is InChI=1S/C24H28N2O2/c1-16-22(20-10-6-7-11-21(20)25-16)23(17-12-14-19(28-2)15-13-17)24(27)26-18-8-4-3-5-9-18/h6-7,10-15,18,23,25H,3-5,8-9H2,1-2H3,(H,26,27). The second-order valence-electron chi connectivity index (χ2n) is 7.76. The van der Waals surface area contributed by atoms with Crippen LogP contribution in [0.4, 0.5) is 0 Å². The highest BCUT2D eigenvalue weighted by Gasteiger charge is 2.29. The van der Waals surface area contributed by atoms with Crippen LogP contribution in [0.1, 0.15) is 54.8 Å². The van der Waals surface area contributed by atoms with Gasteiger partial charge >= 0.3 is 0 Å². The normalized spacial score (nSPS) is 16.1. The highest BCUT2D eigenvalue weighted by atomic mass is 16.5. The summed E-state index contributed by atoms with van der Waals surface area (Å²) in [7, 11) is 1.66. The predicted molar refractivity (Wildman–Crippen MR) is 113 cm³/mol. The molecule has 0 bridgehead atoms. The Labute approximate surface area is 166 Å². The number of carbonyl (C=O) groups excluding carboxylic acids is 1. The van der Waals surface area contributed by atoms with Crippen molar-refractivity contribution in [3.63, 3.8) is 0 Å². The minimum atomic E-state index is -0.344. The zero-order valence-corrected chi connectivity index (χ0v) is 16.6. The zero-order chi connectivity index (χ0) is 19.5. The summed E-state index contributed by atoms with van der Waals surface area (Å²) in [5.41, 5.74) is 4.16. The van der Waals surface area contributed by atoms with E-state index in [1.54, 1.807) is 7.11 Å². The number of amides is 1. The Morgan fingerprint density at radius 3 is 2.50 bits per heavy atom. The number of para-hydroxylation sites is 1. The topological polar surface area (TPSA) is 54.1 Å². The molecule has 0 saturated heterocycles. The van der Waals surface area contributed by atoms with Gasteiger partial charge in [-0.15, -0.1) is 0 Å². The summed E-state index contributed by atoms with van der Waals surface area (Å²) >= 11 is 0. The van der Waals surface area contributed by atoms with Crippen LogP contribution in [-0.2, 0) is 4.79 Å². The maximum absolute atomic E-state index is 13.5. The Balaban J connectivity index is 1.75. The second kappa shape index (κ2) is 8.09. The fourth-order valence-corrected chi connectivity index (χ4v) is 4.45. The zero-order valence-electron chi connectivity index (χ0n) is 16.6. The lowest BCUT2D eigenvalue weighted by Gasteiger charge is -2.26. The molecule has 2 aromatic carbocycles. The third kappa shape index (κ3) is 3.64. The van der Waals surface area contributed by atoms with E-state index in [2.05, 4.69) is 29.4 Å². The van der Waals surface area contributed by atoms with Crippen molar-refractivity contribution >= 4 is 16.8 Å². The van der Waals surface area contributed by atoms with E-state index in [1.807, 2.05) is 36.4 Å². The minimum absolute atomic E-state index is 0.0879. The lowest BCUT2D eigenvalue weighted by atomic mass is 9.87. The quantitative estimate of drug-likeness (QED) is 0.653. The lowest BCUT2D eigenvalue weighted by molar-refractivity contribution is -0.122. The Kier molecular flexibility index (Phi) is 5.38. The van der Waals surface area contributed by atoms with E-state index in [1.165, 1.54) is 19.3 Å². The fourth-order valence-electron chi connectivity index (χ4n) is 4.45. The fraction of sp³-hybridized carbons (Fsp3) is 0.375. The van der Waals surface area contributed by atoms with Crippen LogP contribution in [0.5, 0.6) is 5.75 Å². The number of aryl methyl sites for hydroxylation is 1. The molecule has 1 atom stereocenters. The Morgan fingerprint density at radius 2 is 1.79 bits per heavy atom. The monoisotopic (exact) mass is 376 g/mol. The number of hydrogen-bond acceptors (Lipinski definition) is 2. The maximum Gasteiger partial charge on any atom is 0.232 e. The van der Waals surface area contributed by atoms with Crippen LogP contribution in [0.25, 0.3) is 10.9 Å². The van der Waals surface area contributed by atoms with E-state index in [4.69, 9.17) is 4.74 Å². The SMILES string of the molecule is COc1ccc(C(C(=O)NC2CCCCC2)c2c(C)[nH]c3ccccc23)cc1. The molecule has 4 nitrogen and oxygen atoms in total. The number of rotatable bonds is 5. The van der Waals surface area contributed by atoms with Crippen LogP contribution in [0.2, 0.25) is 0 Å². The highest BCUT2D eigenvalue weighted by Crippen LogP contribution is 2.35. The number of methoxy groups -OCH3 is 1. The molecule has 1 aliphatic carbocycles. The second-order valence-corrected chi connectivity index (χ2v) is 7.76. The molecule has 1 saturated carbocycles. The van der Waals surface area contributed by atoms with Crippen LogP contribution < -0.4 is 10.1 Å². The molecule has 0 aliphatic heterocycles. The summed E-state index contributed by atoms with van der Waals surface area (Å²) in [6.45, 7) is 2.06. The van der Waals surface area contributed by atoms with Gasteiger partial charge < -0.3 is 15.0 Å². The number of H-pyrrole nitrogens is 1. The van der Waals surface area contributed by atoms with E-state index in [9.17, 15) is 4.79 Å². The van der Waals surface area contributed by atoms with Gasteiger partial charge in [0.15, 0.2) is 0 Å². The highest BCUT2D eigenvalue weighted by molar-refractivity contribution is 5.95. The molecule has 0 radical (unpaired) electrons. The largest absolute Gasteiger partial charge is 0.497 e. The van der Waals surface area contributed by atoms with Gasteiger partial charge in [0.05, 0.1) is 13.0 Å². The number of ether oxygens (including phenoxy) is 1. The smallest absolute Gasteiger partial charge is 0.232 e. The van der Waals surface area contributed by atoms with Crippen molar-refractivity contribution in [2.45, 2.75) is 51.0 Å². The van der Waals surface area contributed by atoms with Gasteiger partial charge in [-0.1, -0.05) is 49.6 Å². The van der Waals surface area contributed by atoms with E-state index in [0.29, 0.717) is 0 Å². The van der Waals surface area contributed by atoms with Crippen LogP contribution in [0, 0.1) is 6.92 Å². The van der Waals surface area contributed by atoms with Crippen LogP contribution in [0.15, 0.2) is 48.5 Å². The number of aromatic amines is 1. The first-order valence-corrected chi connectivity index (χ1v) is 10.2. The third-order valence-corrected chi connectivity index (χ3v) is 5.89. The summed E-state index contributed by atoms with van der Waals surface area (Å²) in [4.78, 5) is 17.0. The number of benzene rings is 2. The van der Waals surface area contributed by atoms with Crippen molar-refractivity contribution in [2.75, 3.05) is 7.11 Å². The predicted octanol–water partition coefficient (Wildman–Crippen LogP) is 5.07. The molecule has 28 heavy (non-hydrogen) atoms. The van der Waals surface area contributed by atoms with Crippen molar-refractivity contribution in [2.24, 2.45) is 0 Å². The lowest BCUT2D eigenvalue weighted by Crippen LogP contribution is -2.39. The first-order chi connectivity index (χ1) is 13.7. The van der Waals surface area contributed by atoms with Gasteiger partial charge in [0, 0.05) is 22.6 Å². The molecule has 1 fully saturated rings. The molecule has 1 unspecified atom stereocenters. The molecular weight excluding hydrogens is 348 g/mol. The molecule has 1 amide bonds. The van der Waals surface area contributed by atoms with Gasteiger partial charge in [-0.25, -0.2) is 0 Å². The van der Waals surface area contributed by atoms with Crippen molar-refractivity contribution in [3.8, 4) is 5.75 Å². The molecular formula is C24H28N2O2. The van der Waals surface area contributed by atoms with Crippen LogP contribution in [-0.4, -0.2) is 24.0 Å². The molecule has 3 aromatic rings. The summed E-state index contributed by atoms with van der Waals surface area (Å²) in [5, 5.41) is 4.45. The average Bonchev–Trinajstić information content (AvgIpc) is 3.05. The summed E-state index contributed by atoms with van der Waals surface area (Å²) in [5.74, 6) is 0.541. The van der Waals surface area contributed by atoms with Gasteiger partial charge in [-0.05, 0) is 49.1 Å². The van der Waals surface area contributed by atoms with Crippen LogP contribution >= 0.6 is 0 Å². The number of hydrogen-bond donors (Lipinski definition) is 2. The van der Waals surface area contributed by atoms with Gasteiger partial charge in [-0.2, -0.15) is 0 Å².